The largest absolute Gasteiger partial charge is 0.494 e. The average Bonchev–Trinajstić information content (AvgIpc) is 2.97. The molecule has 1 aromatic rings. The van der Waals surface area contributed by atoms with E-state index < -0.39 is 0 Å². The van der Waals surface area contributed by atoms with Gasteiger partial charge < -0.3 is 15.0 Å². The highest BCUT2D eigenvalue weighted by Gasteiger charge is 2.40. The summed E-state index contributed by atoms with van der Waals surface area (Å²) in [5, 5.41) is 2.94. The third-order valence-corrected chi connectivity index (χ3v) is 5.09. The number of fused-ring (bicyclic) bond motifs is 1. The maximum absolute atomic E-state index is 12.7. The highest BCUT2D eigenvalue weighted by molar-refractivity contribution is 5.94. The fourth-order valence-electron chi connectivity index (χ4n) is 3.81. The number of benzene rings is 1. The molecule has 1 aromatic carbocycles. The van der Waals surface area contributed by atoms with Gasteiger partial charge in [0.1, 0.15) is 5.75 Å². The molecule has 0 unspecified atom stereocenters. The molecule has 2 aliphatic rings. The summed E-state index contributed by atoms with van der Waals surface area (Å²) < 4.78 is 5.47. The molecule has 3 atom stereocenters. The van der Waals surface area contributed by atoms with Crippen molar-refractivity contribution in [2.75, 3.05) is 20.2 Å². The molecule has 0 bridgehead atoms. The highest BCUT2D eigenvalue weighted by Crippen LogP contribution is 2.38. The number of hydrogen-bond donors (Lipinski definition) is 1. The van der Waals surface area contributed by atoms with E-state index in [2.05, 4.69) is 5.32 Å². The summed E-state index contributed by atoms with van der Waals surface area (Å²) in [6.45, 7) is 3.26. The minimum atomic E-state index is 0.0227. The van der Waals surface area contributed by atoms with E-state index in [1.165, 1.54) is 0 Å². The van der Waals surface area contributed by atoms with Crippen molar-refractivity contribution in [1.82, 2.24) is 10.2 Å². The summed E-state index contributed by atoms with van der Waals surface area (Å²) in [6.07, 6.45) is 2.49. The Morgan fingerprint density at radius 1 is 1.35 bits per heavy atom. The molecular formula is C18H24N2O3. The maximum Gasteiger partial charge on any atom is 0.253 e. The summed E-state index contributed by atoms with van der Waals surface area (Å²) in [6, 6.07) is 7.55. The Morgan fingerprint density at radius 2 is 2.13 bits per heavy atom. The van der Waals surface area contributed by atoms with Gasteiger partial charge in [-0.2, -0.15) is 0 Å². The molecule has 2 amide bonds. The molecule has 1 saturated carbocycles. The number of nitrogens with zero attached hydrogens (tertiary/aromatic N) is 1. The Bertz CT molecular complexity index is 602. The Hall–Kier alpha value is -2.04. The molecule has 5 nitrogen and oxygen atoms in total. The topological polar surface area (TPSA) is 58.6 Å². The quantitative estimate of drug-likeness (QED) is 0.925. The van der Waals surface area contributed by atoms with Gasteiger partial charge in [0.2, 0.25) is 5.91 Å². The second kappa shape index (κ2) is 6.60. The van der Waals surface area contributed by atoms with Gasteiger partial charge >= 0.3 is 0 Å². The first kappa shape index (κ1) is 15.8. The van der Waals surface area contributed by atoms with Gasteiger partial charge in [0.25, 0.3) is 5.91 Å². The number of nitrogens with one attached hydrogen (secondary N) is 1. The SMILES string of the molecule is CCOc1cccc(C(=O)N(C)[C@H]2C[C@H]3CNC(=O)C[C@H]3C2)c1. The van der Waals surface area contributed by atoms with Gasteiger partial charge in [-0.3, -0.25) is 9.59 Å². The molecule has 1 aliphatic heterocycles. The number of amides is 2. The van der Waals surface area contributed by atoms with Crippen molar-refractivity contribution in [3.63, 3.8) is 0 Å². The summed E-state index contributed by atoms with van der Waals surface area (Å²) in [4.78, 5) is 26.1. The Kier molecular flexibility index (Phi) is 4.55. The van der Waals surface area contributed by atoms with E-state index >= 15 is 0 Å². The molecule has 2 fully saturated rings. The first-order chi connectivity index (χ1) is 11.1. The smallest absolute Gasteiger partial charge is 0.253 e. The standard InChI is InChI=1S/C18H24N2O3/c1-3-23-16-6-4-5-12(9-16)18(22)20(2)15-7-13-10-17(21)19-11-14(13)8-15/h4-6,9,13-15H,3,7-8,10-11H2,1-2H3,(H,19,21)/t13-,14+,15-/m1/s1. The number of carbonyl (C=O) groups excluding carboxylic acids is 2. The van der Waals surface area contributed by atoms with Crippen molar-refractivity contribution in [2.45, 2.75) is 32.2 Å². The predicted octanol–water partition coefficient (Wildman–Crippen LogP) is 2.07. The van der Waals surface area contributed by atoms with Crippen LogP contribution in [0.15, 0.2) is 24.3 Å². The average molecular weight is 316 g/mol. The molecule has 5 heteroatoms. The van der Waals surface area contributed by atoms with Crippen LogP contribution in [0.1, 0.15) is 36.5 Å². The minimum Gasteiger partial charge on any atom is -0.494 e. The van der Waals surface area contributed by atoms with Gasteiger partial charge in [0, 0.05) is 31.6 Å². The summed E-state index contributed by atoms with van der Waals surface area (Å²) in [5.74, 6) is 1.81. The van der Waals surface area contributed by atoms with Crippen molar-refractivity contribution in [3.8, 4) is 5.75 Å². The van der Waals surface area contributed by atoms with E-state index in [9.17, 15) is 9.59 Å². The first-order valence-corrected chi connectivity index (χ1v) is 8.35. The van der Waals surface area contributed by atoms with Crippen molar-refractivity contribution in [1.29, 1.82) is 0 Å². The van der Waals surface area contributed by atoms with Crippen LogP contribution in [0.3, 0.4) is 0 Å². The van der Waals surface area contributed by atoms with Crippen LogP contribution in [-0.4, -0.2) is 43.0 Å². The Labute approximate surface area is 137 Å². The van der Waals surface area contributed by atoms with Crippen LogP contribution in [0.2, 0.25) is 0 Å². The zero-order chi connectivity index (χ0) is 16.4. The van der Waals surface area contributed by atoms with E-state index in [0.717, 1.165) is 25.1 Å². The van der Waals surface area contributed by atoms with E-state index in [-0.39, 0.29) is 17.9 Å². The third-order valence-electron chi connectivity index (χ3n) is 5.09. The van der Waals surface area contributed by atoms with Gasteiger partial charge in [-0.15, -0.1) is 0 Å². The number of carbonyl (C=O) groups is 2. The maximum atomic E-state index is 12.7. The Balaban J connectivity index is 1.68. The lowest BCUT2D eigenvalue weighted by molar-refractivity contribution is -0.124. The normalized spacial score (nSPS) is 26.3. The van der Waals surface area contributed by atoms with Gasteiger partial charge in [0.15, 0.2) is 0 Å². The monoisotopic (exact) mass is 316 g/mol. The third kappa shape index (κ3) is 3.33. The van der Waals surface area contributed by atoms with E-state index in [0.29, 0.717) is 30.4 Å². The second-order valence-electron chi connectivity index (χ2n) is 6.53. The molecule has 0 radical (unpaired) electrons. The van der Waals surface area contributed by atoms with E-state index in [1.54, 1.807) is 6.07 Å². The van der Waals surface area contributed by atoms with Gasteiger partial charge in [-0.05, 0) is 49.8 Å². The number of hydrogen-bond acceptors (Lipinski definition) is 3. The second-order valence-corrected chi connectivity index (χ2v) is 6.53. The molecule has 1 aliphatic carbocycles. The minimum absolute atomic E-state index is 0.0227. The first-order valence-electron chi connectivity index (χ1n) is 8.35. The molecule has 0 aromatic heterocycles. The van der Waals surface area contributed by atoms with E-state index in [4.69, 9.17) is 4.74 Å². The van der Waals surface area contributed by atoms with Crippen LogP contribution in [0.4, 0.5) is 0 Å². The molecule has 1 saturated heterocycles. The van der Waals surface area contributed by atoms with Gasteiger partial charge in [-0.25, -0.2) is 0 Å². The molecule has 3 rings (SSSR count). The van der Waals surface area contributed by atoms with Gasteiger partial charge in [-0.1, -0.05) is 6.07 Å². The van der Waals surface area contributed by atoms with Crippen molar-refractivity contribution in [2.24, 2.45) is 11.8 Å². The molecule has 1 heterocycles. The van der Waals surface area contributed by atoms with Crippen LogP contribution in [0, 0.1) is 11.8 Å². The fourth-order valence-corrected chi connectivity index (χ4v) is 3.81. The molecule has 23 heavy (non-hydrogen) atoms. The highest BCUT2D eigenvalue weighted by atomic mass is 16.5. The lowest BCUT2D eigenvalue weighted by Crippen LogP contribution is -2.38. The van der Waals surface area contributed by atoms with Crippen LogP contribution in [0.25, 0.3) is 0 Å². The fraction of sp³-hybridized carbons (Fsp3) is 0.556. The van der Waals surface area contributed by atoms with Crippen LogP contribution in [0.5, 0.6) is 5.75 Å². The zero-order valence-corrected chi connectivity index (χ0v) is 13.7. The molecule has 1 N–H and O–H groups in total. The van der Waals surface area contributed by atoms with Crippen LogP contribution < -0.4 is 10.1 Å². The molecule has 0 spiro atoms. The predicted molar refractivity (Wildman–Crippen MR) is 87.3 cm³/mol. The van der Waals surface area contributed by atoms with Crippen molar-refractivity contribution in [3.05, 3.63) is 29.8 Å². The lowest BCUT2D eigenvalue weighted by atomic mass is 9.89. The number of ether oxygens (including phenoxy) is 1. The number of piperidine rings is 1. The van der Waals surface area contributed by atoms with Crippen molar-refractivity contribution >= 4 is 11.8 Å². The Morgan fingerprint density at radius 3 is 2.91 bits per heavy atom. The van der Waals surface area contributed by atoms with Gasteiger partial charge in [0.05, 0.1) is 6.61 Å². The number of rotatable bonds is 4. The summed E-state index contributed by atoms with van der Waals surface area (Å²) >= 11 is 0. The molecule has 124 valence electrons. The van der Waals surface area contributed by atoms with Crippen molar-refractivity contribution < 1.29 is 14.3 Å². The molecular weight excluding hydrogens is 292 g/mol. The summed E-state index contributed by atoms with van der Waals surface area (Å²) in [5.41, 5.74) is 0.655. The zero-order valence-electron chi connectivity index (χ0n) is 13.7. The lowest BCUT2D eigenvalue weighted by Gasteiger charge is -2.25. The van der Waals surface area contributed by atoms with Crippen LogP contribution in [-0.2, 0) is 4.79 Å². The van der Waals surface area contributed by atoms with E-state index in [1.807, 2.05) is 37.1 Å². The summed E-state index contributed by atoms with van der Waals surface area (Å²) in [7, 11) is 1.87. The van der Waals surface area contributed by atoms with Crippen LogP contribution >= 0.6 is 0 Å².